The fourth-order valence-corrected chi connectivity index (χ4v) is 3.00. The molecule has 0 N–H and O–H groups in total. The van der Waals surface area contributed by atoms with E-state index >= 15 is 0 Å². The van der Waals surface area contributed by atoms with E-state index in [2.05, 4.69) is 34.0 Å². The van der Waals surface area contributed by atoms with Gasteiger partial charge in [0.2, 0.25) is 5.91 Å². The summed E-state index contributed by atoms with van der Waals surface area (Å²) in [6.07, 6.45) is 3.30. The van der Waals surface area contributed by atoms with Crippen molar-refractivity contribution in [2.24, 2.45) is 0 Å². The van der Waals surface area contributed by atoms with E-state index in [1.54, 1.807) is 11.0 Å². The van der Waals surface area contributed by atoms with Crippen LogP contribution >= 0.6 is 0 Å². The van der Waals surface area contributed by atoms with Gasteiger partial charge in [-0.15, -0.1) is 0 Å². The minimum Gasteiger partial charge on any atom is -0.375 e. The van der Waals surface area contributed by atoms with E-state index in [9.17, 15) is 4.79 Å². The molecule has 1 aliphatic rings. The Balaban J connectivity index is 1.60. The van der Waals surface area contributed by atoms with Gasteiger partial charge in [-0.1, -0.05) is 12.1 Å². The highest BCUT2D eigenvalue weighted by atomic mass is 16.5. The Bertz CT molecular complexity index is 686. The molecule has 2 heterocycles. The lowest BCUT2D eigenvalue weighted by molar-refractivity contribution is -0.139. The van der Waals surface area contributed by atoms with Gasteiger partial charge in [-0.2, -0.15) is 5.10 Å². The maximum atomic E-state index is 12.5. The van der Waals surface area contributed by atoms with Crippen molar-refractivity contribution < 1.29 is 9.53 Å². The third-order valence-electron chi connectivity index (χ3n) is 4.70. The Hall–Kier alpha value is -2.25. The van der Waals surface area contributed by atoms with Crippen molar-refractivity contribution in [1.29, 1.82) is 0 Å². The number of likely N-dealkylation sites (N-methyl/N-ethyl adjacent to an activating group) is 1. The van der Waals surface area contributed by atoms with Crippen molar-refractivity contribution in [2.75, 3.05) is 33.3 Å². The zero-order chi connectivity index (χ0) is 17.8. The van der Waals surface area contributed by atoms with Crippen molar-refractivity contribution in [2.45, 2.75) is 26.0 Å². The maximum absolute atomic E-state index is 12.5. The fraction of sp³-hybridized carbons (Fsp3) is 0.500. The first-order valence-electron chi connectivity index (χ1n) is 8.59. The molecule has 2 aromatic rings. The maximum Gasteiger partial charge on any atom is 0.236 e. The molecule has 25 heavy (non-hydrogen) atoms. The van der Waals surface area contributed by atoms with Gasteiger partial charge >= 0.3 is 0 Å². The van der Waals surface area contributed by atoms with E-state index in [-0.39, 0.29) is 18.1 Å². The molecule has 0 bridgehead atoms. The monoisotopic (exact) mass is 343 g/mol. The van der Waals surface area contributed by atoms with Gasteiger partial charge in [-0.3, -0.25) is 9.69 Å². The summed E-state index contributed by atoms with van der Waals surface area (Å²) in [5.41, 5.74) is 2.13. The third-order valence-corrected chi connectivity index (χ3v) is 4.70. The van der Waals surface area contributed by atoms with Crippen molar-refractivity contribution in [3.63, 3.8) is 0 Å². The second-order valence-corrected chi connectivity index (χ2v) is 6.54. The van der Waals surface area contributed by atoms with E-state index in [1.165, 1.54) is 6.33 Å². The molecular formula is C18H25N5O2. The number of hydrogen-bond donors (Lipinski definition) is 0. The van der Waals surface area contributed by atoms with Crippen LogP contribution in [-0.2, 0) is 9.53 Å². The molecule has 0 radical (unpaired) electrons. The summed E-state index contributed by atoms with van der Waals surface area (Å²) < 4.78 is 7.23. The van der Waals surface area contributed by atoms with Gasteiger partial charge < -0.3 is 9.64 Å². The highest BCUT2D eigenvalue weighted by Crippen LogP contribution is 2.20. The molecule has 7 heteroatoms. The van der Waals surface area contributed by atoms with Crippen LogP contribution in [0.1, 0.15) is 25.5 Å². The van der Waals surface area contributed by atoms with Crippen molar-refractivity contribution in [1.82, 2.24) is 24.6 Å². The normalized spacial score (nSPS) is 19.2. The average molecular weight is 343 g/mol. The molecule has 1 aromatic heterocycles. The second-order valence-electron chi connectivity index (χ2n) is 6.54. The number of amides is 1. The van der Waals surface area contributed by atoms with E-state index in [0.717, 1.165) is 11.3 Å². The van der Waals surface area contributed by atoms with Gasteiger partial charge in [0.15, 0.2) is 0 Å². The van der Waals surface area contributed by atoms with Crippen molar-refractivity contribution in [3.05, 3.63) is 42.5 Å². The van der Waals surface area contributed by atoms with Crippen LogP contribution in [0.15, 0.2) is 36.9 Å². The molecular weight excluding hydrogens is 318 g/mol. The molecule has 1 saturated heterocycles. The SMILES string of the molecule is C[C@H]1CN(C(=O)CN(C)[C@@H](C)c2ccc(-n3cncn3)cc2)CCO1. The number of ether oxygens (including phenoxy) is 1. The average Bonchev–Trinajstić information content (AvgIpc) is 3.16. The van der Waals surface area contributed by atoms with E-state index < -0.39 is 0 Å². The molecule has 1 aromatic carbocycles. The van der Waals surface area contributed by atoms with Crippen LogP contribution in [0.4, 0.5) is 0 Å². The Labute approximate surface area is 148 Å². The molecule has 1 amide bonds. The number of nitrogens with zero attached hydrogens (tertiary/aromatic N) is 5. The van der Waals surface area contributed by atoms with Gasteiger partial charge in [0.05, 0.1) is 24.9 Å². The number of hydrogen-bond acceptors (Lipinski definition) is 5. The third kappa shape index (κ3) is 4.24. The van der Waals surface area contributed by atoms with E-state index in [4.69, 9.17) is 4.74 Å². The Morgan fingerprint density at radius 2 is 2.16 bits per heavy atom. The van der Waals surface area contributed by atoms with Gasteiger partial charge in [0.1, 0.15) is 12.7 Å². The highest BCUT2D eigenvalue weighted by molar-refractivity contribution is 5.78. The molecule has 0 saturated carbocycles. The van der Waals surface area contributed by atoms with Crippen LogP contribution in [0.25, 0.3) is 5.69 Å². The number of morpholine rings is 1. The molecule has 2 atom stereocenters. The molecule has 0 unspecified atom stereocenters. The van der Waals surface area contributed by atoms with Crippen LogP contribution in [0.5, 0.6) is 0 Å². The van der Waals surface area contributed by atoms with Gasteiger partial charge in [-0.25, -0.2) is 9.67 Å². The lowest BCUT2D eigenvalue weighted by Gasteiger charge is -2.33. The summed E-state index contributed by atoms with van der Waals surface area (Å²) >= 11 is 0. The van der Waals surface area contributed by atoms with Crippen LogP contribution in [0.3, 0.4) is 0 Å². The molecule has 134 valence electrons. The minimum absolute atomic E-state index is 0.116. The quantitative estimate of drug-likeness (QED) is 0.823. The molecule has 0 spiro atoms. The molecule has 1 aliphatic heterocycles. The summed E-state index contributed by atoms with van der Waals surface area (Å²) in [4.78, 5) is 20.4. The predicted molar refractivity (Wildman–Crippen MR) is 94.4 cm³/mol. The Kier molecular flexibility index (Phi) is 5.45. The van der Waals surface area contributed by atoms with Crippen LogP contribution in [0.2, 0.25) is 0 Å². The van der Waals surface area contributed by atoms with Crippen LogP contribution in [-0.4, -0.2) is 69.9 Å². The largest absolute Gasteiger partial charge is 0.375 e. The van der Waals surface area contributed by atoms with Gasteiger partial charge in [0, 0.05) is 19.1 Å². The number of benzene rings is 1. The topological polar surface area (TPSA) is 63.5 Å². The standard InChI is InChI=1S/C18H25N5O2/c1-14-10-22(8-9-25-14)18(24)11-21(3)15(2)16-4-6-17(7-5-16)23-13-19-12-20-23/h4-7,12-15H,8-11H2,1-3H3/t14-,15-/m0/s1. The second kappa shape index (κ2) is 7.76. The first kappa shape index (κ1) is 17.6. The van der Waals surface area contributed by atoms with Crippen LogP contribution in [0, 0.1) is 0 Å². The molecule has 0 aliphatic carbocycles. The summed E-state index contributed by atoms with van der Waals surface area (Å²) in [5, 5.41) is 4.13. The van der Waals surface area contributed by atoms with E-state index in [0.29, 0.717) is 26.2 Å². The fourth-order valence-electron chi connectivity index (χ4n) is 3.00. The number of rotatable bonds is 5. The zero-order valence-electron chi connectivity index (χ0n) is 15.0. The predicted octanol–water partition coefficient (Wildman–Crippen LogP) is 1.51. The first-order chi connectivity index (χ1) is 12.0. The van der Waals surface area contributed by atoms with Gasteiger partial charge in [-0.05, 0) is 38.6 Å². The minimum atomic E-state index is 0.116. The summed E-state index contributed by atoms with van der Waals surface area (Å²) in [6, 6.07) is 8.31. The summed E-state index contributed by atoms with van der Waals surface area (Å²) in [6.45, 7) is 6.49. The number of carbonyl (C=O) groups excluding carboxylic acids is 1. The number of carbonyl (C=O) groups is 1. The summed E-state index contributed by atoms with van der Waals surface area (Å²) in [5.74, 6) is 0.156. The number of aromatic nitrogens is 3. The highest BCUT2D eigenvalue weighted by Gasteiger charge is 2.23. The lowest BCUT2D eigenvalue weighted by Crippen LogP contribution is -2.48. The van der Waals surface area contributed by atoms with Gasteiger partial charge in [0.25, 0.3) is 0 Å². The molecule has 3 rings (SSSR count). The Morgan fingerprint density at radius 1 is 1.40 bits per heavy atom. The molecule has 1 fully saturated rings. The zero-order valence-corrected chi connectivity index (χ0v) is 15.0. The van der Waals surface area contributed by atoms with Crippen molar-refractivity contribution in [3.8, 4) is 5.69 Å². The summed E-state index contributed by atoms with van der Waals surface area (Å²) in [7, 11) is 1.98. The lowest BCUT2D eigenvalue weighted by atomic mass is 10.1. The Morgan fingerprint density at radius 3 is 2.80 bits per heavy atom. The van der Waals surface area contributed by atoms with E-state index in [1.807, 2.05) is 31.0 Å². The van der Waals surface area contributed by atoms with Crippen LogP contribution < -0.4 is 0 Å². The van der Waals surface area contributed by atoms with Crippen molar-refractivity contribution >= 4 is 5.91 Å². The molecule has 7 nitrogen and oxygen atoms in total. The first-order valence-corrected chi connectivity index (χ1v) is 8.59. The smallest absolute Gasteiger partial charge is 0.236 e.